The minimum absolute atomic E-state index is 0.00907. The van der Waals surface area contributed by atoms with Crippen LogP contribution in [0.3, 0.4) is 0 Å². The molecule has 1 atom stereocenters. The first kappa shape index (κ1) is 20.3. The number of rotatable bonds is 7. The number of amides is 3. The Bertz CT molecular complexity index is 686. The first-order valence-electron chi connectivity index (χ1n) is 10.1. The maximum Gasteiger partial charge on any atom is 0.248 e. The van der Waals surface area contributed by atoms with Gasteiger partial charge in [-0.1, -0.05) is 30.3 Å². The summed E-state index contributed by atoms with van der Waals surface area (Å²) in [5, 5.41) is 2.97. The third-order valence-electron chi connectivity index (χ3n) is 5.51. The summed E-state index contributed by atoms with van der Waals surface area (Å²) in [4.78, 5) is 40.8. The lowest BCUT2D eigenvalue weighted by molar-refractivity contribution is -0.141. The van der Waals surface area contributed by atoms with Crippen LogP contribution in [-0.2, 0) is 25.7 Å². The van der Waals surface area contributed by atoms with E-state index in [-0.39, 0.29) is 30.4 Å². The molecule has 0 saturated carbocycles. The first-order valence-corrected chi connectivity index (χ1v) is 10.1. The van der Waals surface area contributed by atoms with Gasteiger partial charge in [0.15, 0.2) is 0 Å². The third kappa shape index (κ3) is 4.90. The van der Waals surface area contributed by atoms with E-state index in [0.717, 1.165) is 5.56 Å². The van der Waals surface area contributed by atoms with Crippen molar-refractivity contribution in [2.24, 2.45) is 0 Å². The fourth-order valence-corrected chi connectivity index (χ4v) is 3.99. The number of ether oxygens (including phenoxy) is 1. The molecular weight excluding hydrogens is 358 g/mol. The number of hydrogen-bond donors (Lipinski definition) is 1. The van der Waals surface area contributed by atoms with E-state index < -0.39 is 6.04 Å². The Morgan fingerprint density at radius 1 is 1.14 bits per heavy atom. The number of likely N-dealkylation sites (tertiary alicyclic amines) is 2. The first-order chi connectivity index (χ1) is 13.6. The lowest BCUT2D eigenvalue weighted by Gasteiger charge is -2.39. The number of carbonyl (C=O) groups is 3. The Hall–Kier alpha value is -2.41. The lowest BCUT2D eigenvalue weighted by Crippen LogP contribution is -2.53. The van der Waals surface area contributed by atoms with Crippen molar-refractivity contribution in [3.63, 3.8) is 0 Å². The van der Waals surface area contributed by atoms with Gasteiger partial charge in [-0.3, -0.25) is 14.4 Å². The van der Waals surface area contributed by atoms with Gasteiger partial charge in [0.25, 0.3) is 0 Å². The third-order valence-corrected chi connectivity index (χ3v) is 5.51. The molecule has 7 nitrogen and oxygen atoms in total. The van der Waals surface area contributed by atoms with E-state index in [0.29, 0.717) is 51.9 Å². The molecule has 2 aliphatic heterocycles. The number of piperidine rings is 1. The van der Waals surface area contributed by atoms with Gasteiger partial charge in [-0.15, -0.1) is 0 Å². The van der Waals surface area contributed by atoms with Gasteiger partial charge in [-0.2, -0.15) is 0 Å². The summed E-state index contributed by atoms with van der Waals surface area (Å²) >= 11 is 0. The molecule has 2 heterocycles. The highest BCUT2D eigenvalue weighted by atomic mass is 16.5. The fraction of sp³-hybridized carbons (Fsp3) is 0.571. The Labute approximate surface area is 166 Å². The zero-order valence-electron chi connectivity index (χ0n) is 16.4. The molecular formula is C21H29N3O4. The SMILES string of the molecule is CCOCC(=O)N1CCC(N2C(=O)CCC2C(=O)NCc2ccccc2)CC1. The second-order valence-corrected chi connectivity index (χ2v) is 7.31. The predicted octanol–water partition coefficient (Wildman–Crippen LogP) is 1.32. The van der Waals surface area contributed by atoms with Gasteiger partial charge < -0.3 is 19.9 Å². The van der Waals surface area contributed by atoms with Crippen LogP contribution in [0.25, 0.3) is 0 Å². The number of carbonyl (C=O) groups excluding carboxylic acids is 3. The van der Waals surface area contributed by atoms with E-state index in [9.17, 15) is 14.4 Å². The summed E-state index contributed by atoms with van der Waals surface area (Å²) in [6.45, 7) is 4.14. The summed E-state index contributed by atoms with van der Waals surface area (Å²) in [7, 11) is 0. The van der Waals surface area contributed by atoms with Crippen molar-refractivity contribution in [3.8, 4) is 0 Å². The molecule has 0 spiro atoms. The zero-order valence-corrected chi connectivity index (χ0v) is 16.4. The van der Waals surface area contributed by atoms with Crippen molar-refractivity contribution in [3.05, 3.63) is 35.9 Å². The molecule has 28 heavy (non-hydrogen) atoms. The second kappa shape index (κ2) is 9.68. The molecule has 7 heteroatoms. The lowest BCUT2D eigenvalue weighted by atomic mass is 10.0. The molecule has 0 radical (unpaired) electrons. The minimum Gasteiger partial charge on any atom is -0.372 e. The van der Waals surface area contributed by atoms with Crippen LogP contribution in [0.5, 0.6) is 0 Å². The molecule has 0 aliphatic carbocycles. The molecule has 3 amide bonds. The van der Waals surface area contributed by atoms with Gasteiger partial charge in [0.05, 0.1) is 0 Å². The standard InChI is InChI=1S/C21H29N3O4/c1-2-28-15-20(26)23-12-10-17(11-13-23)24-18(8-9-19(24)25)21(27)22-14-16-6-4-3-5-7-16/h3-7,17-18H,2,8-15H2,1H3,(H,22,27). The maximum absolute atomic E-state index is 12.7. The van der Waals surface area contributed by atoms with Gasteiger partial charge in [0.1, 0.15) is 12.6 Å². The minimum atomic E-state index is -0.410. The van der Waals surface area contributed by atoms with Crippen molar-refractivity contribution < 1.29 is 19.1 Å². The summed E-state index contributed by atoms with van der Waals surface area (Å²) in [5.74, 6) is -0.0614. The molecule has 0 bridgehead atoms. The van der Waals surface area contributed by atoms with Crippen molar-refractivity contribution in [2.45, 2.75) is 51.2 Å². The highest BCUT2D eigenvalue weighted by Gasteiger charge is 2.41. The highest BCUT2D eigenvalue weighted by Crippen LogP contribution is 2.27. The summed E-state index contributed by atoms with van der Waals surface area (Å²) in [5.41, 5.74) is 1.04. The van der Waals surface area contributed by atoms with E-state index >= 15 is 0 Å². The van der Waals surface area contributed by atoms with Crippen LogP contribution in [0.2, 0.25) is 0 Å². The monoisotopic (exact) mass is 387 g/mol. The maximum atomic E-state index is 12.7. The molecule has 0 aromatic heterocycles. The van der Waals surface area contributed by atoms with Crippen LogP contribution in [0.4, 0.5) is 0 Å². The Morgan fingerprint density at radius 2 is 1.86 bits per heavy atom. The van der Waals surface area contributed by atoms with Crippen molar-refractivity contribution in [2.75, 3.05) is 26.3 Å². The van der Waals surface area contributed by atoms with E-state index in [4.69, 9.17) is 4.74 Å². The Kier molecular flexibility index (Phi) is 7.03. The smallest absolute Gasteiger partial charge is 0.248 e. The molecule has 2 fully saturated rings. The molecule has 2 aliphatic rings. The molecule has 2 saturated heterocycles. The topological polar surface area (TPSA) is 79.0 Å². The zero-order chi connectivity index (χ0) is 19.9. The molecule has 3 rings (SSSR count). The Morgan fingerprint density at radius 3 is 2.54 bits per heavy atom. The number of benzene rings is 1. The molecule has 1 unspecified atom stereocenters. The largest absolute Gasteiger partial charge is 0.372 e. The number of nitrogens with zero attached hydrogens (tertiary/aromatic N) is 2. The van der Waals surface area contributed by atoms with E-state index in [1.54, 1.807) is 9.80 Å². The van der Waals surface area contributed by atoms with Crippen molar-refractivity contribution >= 4 is 17.7 Å². The van der Waals surface area contributed by atoms with Crippen LogP contribution >= 0.6 is 0 Å². The number of nitrogens with one attached hydrogen (secondary N) is 1. The van der Waals surface area contributed by atoms with E-state index in [2.05, 4.69) is 5.32 Å². The van der Waals surface area contributed by atoms with Gasteiger partial charge >= 0.3 is 0 Å². The average Bonchev–Trinajstić information content (AvgIpc) is 3.12. The Balaban J connectivity index is 1.54. The number of hydrogen-bond acceptors (Lipinski definition) is 4. The van der Waals surface area contributed by atoms with E-state index in [1.807, 2.05) is 37.3 Å². The van der Waals surface area contributed by atoms with Crippen molar-refractivity contribution in [1.82, 2.24) is 15.1 Å². The summed E-state index contributed by atoms with van der Waals surface area (Å²) in [6.07, 6.45) is 2.37. The van der Waals surface area contributed by atoms with Crippen LogP contribution in [0.1, 0.15) is 38.2 Å². The van der Waals surface area contributed by atoms with Crippen LogP contribution in [-0.4, -0.2) is 65.9 Å². The molecule has 1 aromatic carbocycles. The van der Waals surface area contributed by atoms with Gasteiger partial charge in [-0.25, -0.2) is 0 Å². The molecule has 1 N–H and O–H groups in total. The van der Waals surface area contributed by atoms with Crippen LogP contribution < -0.4 is 5.32 Å². The summed E-state index contributed by atoms with van der Waals surface area (Å²) in [6, 6.07) is 9.35. The van der Waals surface area contributed by atoms with E-state index in [1.165, 1.54) is 0 Å². The van der Waals surface area contributed by atoms with Gasteiger partial charge in [-0.05, 0) is 31.7 Å². The average molecular weight is 387 g/mol. The normalized spacial score (nSPS) is 20.5. The summed E-state index contributed by atoms with van der Waals surface area (Å²) < 4.78 is 5.20. The molecule has 152 valence electrons. The quantitative estimate of drug-likeness (QED) is 0.765. The van der Waals surface area contributed by atoms with Crippen LogP contribution in [0, 0.1) is 0 Å². The van der Waals surface area contributed by atoms with Gasteiger partial charge in [0, 0.05) is 38.7 Å². The fourth-order valence-electron chi connectivity index (χ4n) is 3.99. The van der Waals surface area contributed by atoms with Gasteiger partial charge in [0.2, 0.25) is 17.7 Å². The van der Waals surface area contributed by atoms with Crippen LogP contribution in [0.15, 0.2) is 30.3 Å². The second-order valence-electron chi connectivity index (χ2n) is 7.31. The molecule has 1 aromatic rings. The van der Waals surface area contributed by atoms with Crippen molar-refractivity contribution in [1.29, 1.82) is 0 Å². The predicted molar refractivity (Wildman–Crippen MR) is 104 cm³/mol. The highest BCUT2D eigenvalue weighted by molar-refractivity contribution is 5.91.